The topological polar surface area (TPSA) is 3.24 Å². The Balaban J connectivity index is 1.34. The van der Waals surface area contributed by atoms with Crippen LogP contribution in [0, 0.1) is 0 Å². The van der Waals surface area contributed by atoms with E-state index in [1.54, 1.807) is 0 Å². The summed E-state index contributed by atoms with van der Waals surface area (Å²) in [5, 5.41) is 7.75. The smallest absolute Gasteiger partial charge is 0.0459 e. The van der Waals surface area contributed by atoms with E-state index in [2.05, 4.69) is 169 Å². The summed E-state index contributed by atoms with van der Waals surface area (Å²) in [4.78, 5) is 2.45. The van der Waals surface area contributed by atoms with Crippen molar-refractivity contribution >= 4 is 44.7 Å². The Morgan fingerprint density at radius 2 is 0.860 bits per heavy atom. The molecule has 1 aliphatic rings. The second kappa shape index (κ2) is 10.8. The van der Waals surface area contributed by atoms with Gasteiger partial charge in [-0.05, 0) is 86.1 Å². The van der Waals surface area contributed by atoms with Crippen LogP contribution < -0.4 is 15.3 Å². The molecule has 0 atom stereocenters. The van der Waals surface area contributed by atoms with Crippen molar-refractivity contribution in [2.75, 3.05) is 4.90 Å². The molecule has 8 rings (SSSR count). The molecule has 43 heavy (non-hydrogen) atoms. The van der Waals surface area contributed by atoms with Crippen molar-refractivity contribution in [3.63, 3.8) is 0 Å². The Hall–Kier alpha value is -5.40. The molecule has 0 aliphatic heterocycles. The summed E-state index contributed by atoms with van der Waals surface area (Å²) in [7, 11) is 0. The number of benzene rings is 7. The highest BCUT2D eigenvalue weighted by Gasteiger charge is 2.19. The molecule has 1 heteroatoms. The van der Waals surface area contributed by atoms with Crippen LogP contribution in [0.3, 0.4) is 0 Å². The van der Waals surface area contributed by atoms with Gasteiger partial charge in [-0.15, -0.1) is 0 Å². The van der Waals surface area contributed by atoms with Gasteiger partial charge in [0, 0.05) is 22.3 Å². The van der Waals surface area contributed by atoms with Gasteiger partial charge in [0.1, 0.15) is 0 Å². The Kier molecular flexibility index (Phi) is 6.35. The van der Waals surface area contributed by atoms with E-state index in [1.165, 1.54) is 71.3 Å². The van der Waals surface area contributed by atoms with Gasteiger partial charge < -0.3 is 4.90 Å². The maximum absolute atomic E-state index is 2.45. The van der Waals surface area contributed by atoms with Gasteiger partial charge in [-0.2, -0.15) is 0 Å². The minimum absolute atomic E-state index is 1.00. The fourth-order valence-corrected chi connectivity index (χ4v) is 6.84. The number of rotatable bonds is 5. The molecular formula is C42H31N. The monoisotopic (exact) mass is 549 g/mol. The highest BCUT2D eigenvalue weighted by atomic mass is 15.1. The van der Waals surface area contributed by atoms with Crippen molar-refractivity contribution in [1.29, 1.82) is 0 Å². The molecule has 1 nitrogen and oxygen atoms in total. The SMILES string of the molecule is C1=c2ccccc2=C(N(c2ccccc2)c2ccc(-c3c4ccccc4c(-c4ccccc4)c4ccccc34)cc2)CC1. The molecule has 0 heterocycles. The summed E-state index contributed by atoms with van der Waals surface area (Å²) in [6.45, 7) is 0. The molecule has 0 N–H and O–H groups in total. The van der Waals surface area contributed by atoms with Crippen molar-refractivity contribution in [3.05, 3.63) is 168 Å². The lowest BCUT2D eigenvalue weighted by Crippen LogP contribution is -2.34. The first-order chi connectivity index (χ1) is 21.4. The fourth-order valence-electron chi connectivity index (χ4n) is 6.84. The van der Waals surface area contributed by atoms with Crippen LogP contribution in [0.1, 0.15) is 12.8 Å². The van der Waals surface area contributed by atoms with Crippen LogP contribution in [-0.4, -0.2) is 0 Å². The highest BCUT2D eigenvalue weighted by molar-refractivity contribution is 6.21. The van der Waals surface area contributed by atoms with Crippen molar-refractivity contribution in [2.24, 2.45) is 0 Å². The average Bonchev–Trinajstić information content (AvgIpc) is 3.09. The maximum Gasteiger partial charge on any atom is 0.0459 e. The van der Waals surface area contributed by atoms with E-state index in [-0.39, 0.29) is 0 Å². The third-order valence-corrected chi connectivity index (χ3v) is 8.71. The zero-order valence-electron chi connectivity index (χ0n) is 23.9. The summed E-state index contributed by atoms with van der Waals surface area (Å²) in [5.41, 5.74) is 8.77. The summed E-state index contributed by atoms with van der Waals surface area (Å²) in [6.07, 6.45) is 4.41. The normalized spacial score (nSPS) is 12.6. The molecular weight excluding hydrogens is 518 g/mol. The van der Waals surface area contributed by atoms with E-state index in [4.69, 9.17) is 0 Å². The van der Waals surface area contributed by atoms with Crippen LogP contribution in [-0.2, 0) is 0 Å². The number of anilines is 2. The van der Waals surface area contributed by atoms with Crippen molar-refractivity contribution in [2.45, 2.75) is 12.8 Å². The Bertz CT molecular complexity index is 2160. The third-order valence-electron chi connectivity index (χ3n) is 8.71. The second-order valence-corrected chi connectivity index (χ2v) is 11.2. The highest BCUT2D eigenvalue weighted by Crippen LogP contribution is 2.44. The number of fused-ring (bicyclic) bond motifs is 3. The minimum Gasteiger partial charge on any atom is -0.314 e. The van der Waals surface area contributed by atoms with Gasteiger partial charge in [-0.25, -0.2) is 0 Å². The summed E-state index contributed by atoms with van der Waals surface area (Å²) >= 11 is 0. The largest absolute Gasteiger partial charge is 0.314 e. The zero-order valence-corrected chi connectivity index (χ0v) is 23.9. The predicted molar refractivity (Wildman–Crippen MR) is 184 cm³/mol. The molecule has 0 aromatic heterocycles. The standard InChI is InChI=1S/C42H31N/c1-3-15-31(16-4-1)41-36-21-9-11-23-38(36)42(39-24-12-10-22-37(39)41)32-26-28-34(29-27-32)43(33-18-5-2-6-19-33)40-25-13-17-30-14-7-8-20-35(30)40/h1-12,14-24,26-29H,13,25H2. The fraction of sp³-hybridized carbons (Fsp3) is 0.0476. The minimum atomic E-state index is 1.00. The number of hydrogen-bond acceptors (Lipinski definition) is 1. The van der Waals surface area contributed by atoms with Gasteiger partial charge in [-0.3, -0.25) is 0 Å². The predicted octanol–water partition coefficient (Wildman–Crippen LogP) is 9.85. The molecule has 0 bridgehead atoms. The van der Waals surface area contributed by atoms with E-state index >= 15 is 0 Å². The van der Waals surface area contributed by atoms with Crippen LogP contribution in [0.25, 0.3) is 55.6 Å². The molecule has 0 unspecified atom stereocenters. The first-order valence-corrected chi connectivity index (χ1v) is 15.1. The van der Waals surface area contributed by atoms with Gasteiger partial charge >= 0.3 is 0 Å². The molecule has 0 fully saturated rings. The van der Waals surface area contributed by atoms with Gasteiger partial charge in [-0.1, -0.05) is 140 Å². The molecule has 0 saturated carbocycles. The molecule has 0 amide bonds. The van der Waals surface area contributed by atoms with E-state index in [0.717, 1.165) is 12.8 Å². The third kappa shape index (κ3) is 4.42. The Morgan fingerprint density at radius 3 is 1.47 bits per heavy atom. The first-order valence-electron chi connectivity index (χ1n) is 15.1. The molecule has 0 spiro atoms. The van der Waals surface area contributed by atoms with Crippen LogP contribution in [0.15, 0.2) is 158 Å². The van der Waals surface area contributed by atoms with E-state index in [1.807, 2.05) is 0 Å². The van der Waals surface area contributed by atoms with Crippen LogP contribution >= 0.6 is 0 Å². The Morgan fingerprint density at radius 1 is 0.395 bits per heavy atom. The Labute approximate surface area is 252 Å². The van der Waals surface area contributed by atoms with E-state index in [9.17, 15) is 0 Å². The average molecular weight is 550 g/mol. The van der Waals surface area contributed by atoms with Crippen molar-refractivity contribution in [1.82, 2.24) is 0 Å². The summed E-state index contributed by atoms with van der Waals surface area (Å²) < 4.78 is 0. The lowest BCUT2D eigenvalue weighted by atomic mass is 9.86. The van der Waals surface area contributed by atoms with Gasteiger partial charge in [0.25, 0.3) is 0 Å². The molecule has 7 aromatic rings. The molecule has 0 saturated heterocycles. The summed E-state index contributed by atoms with van der Waals surface area (Å²) in [5.74, 6) is 0. The van der Waals surface area contributed by atoms with Crippen LogP contribution in [0.2, 0.25) is 0 Å². The van der Waals surface area contributed by atoms with Gasteiger partial charge in [0.15, 0.2) is 0 Å². The first kappa shape index (κ1) is 25.3. The lowest BCUT2D eigenvalue weighted by Gasteiger charge is -2.29. The second-order valence-electron chi connectivity index (χ2n) is 11.2. The van der Waals surface area contributed by atoms with Gasteiger partial charge in [0.05, 0.1) is 0 Å². The van der Waals surface area contributed by atoms with Gasteiger partial charge in [0.2, 0.25) is 0 Å². The number of para-hydroxylation sites is 1. The van der Waals surface area contributed by atoms with Crippen molar-refractivity contribution < 1.29 is 0 Å². The van der Waals surface area contributed by atoms with Crippen LogP contribution in [0.5, 0.6) is 0 Å². The quantitative estimate of drug-likeness (QED) is 0.193. The van der Waals surface area contributed by atoms with E-state index in [0.29, 0.717) is 0 Å². The van der Waals surface area contributed by atoms with Crippen molar-refractivity contribution in [3.8, 4) is 22.3 Å². The molecule has 7 aromatic carbocycles. The van der Waals surface area contributed by atoms with Crippen LogP contribution in [0.4, 0.5) is 11.4 Å². The summed E-state index contributed by atoms with van der Waals surface area (Å²) in [6, 6.07) is 57.3. The van der Waals surface area contributed by atoms with E-state index < -0.39 is 0 Å². The molecule has 0 radical (unpaired) electrons. The molecule has 1 aliphatic carbocycles. The molecule has 204 valence electrons. The number of hydrogen-bond donors (Lipinski definition) is 0. The zero-order chi connectivity index (χ0) is 28.6. The maximum atomic E-state index is 2.45. The lowest BCUT2D eigenvalue weighted by molar-refractivity contribution is 1.03. The number of nitrogens with zero attached hydrogens (tertiary/aromatic N) is 1.